The maximum absolute atomic E-state index is 12.4. The van der Waals surface area contributed by atoms with Gasteiger partial charge in [0.1, 0.15) is 11.8 Å². The van der Waals surface area contributed by atoms with Gasteiger partial charge >= 0.3 is 0 Å². The lowest BCUT2D eigenvalue weighted by molar-refractivity contribution is -0.125. The molecular weight excluding hydrogens is 254 g/mol. The molecule has 3 N–H and O–H groups in total. The average molecular weight is 273 g/mol. The van der Waals surface area contributed by atoms with Crippen molar-refractivity contribution >= 4 is 11.6 Å². The number of anilines is 1. The highest BCUT2D eigenvalue weighted by Crippen LogP contribution is 2.37. The maximum Gasteiger partial charge on any atom is 0.231 e. The lowest BCUT2D eigenvalue weighted by Crippen LogP contribution is -2.44. The van der Waals surface area contributed by atoms with E-state index in [1.807, 2.05) is 13.0 Å². The molecule has 0 radical (unpaired) electrons. The normalized spacial score (nSPS) is 24.9. The third kappa shape index (κ3) is 2.91. The van der Waals surface area contributed by atoms with Crippen LogP contribution < -0.4 is 15.8 Å². The van der Waals surface area contributed by atoms with Crippen molar-refractivity contribution in [1.82, 2.24) is 0 Å². The Morgan fingerprint density at radius 3 is 3.10 bits per heavy atom. The fourth-order valence-corrected chi connectivity index (χ4v) is 2.53. The van der Waals surface area contributed by atoms with E-state index in [2.05, 4.69) is 5.32 Å². The summed E-state index contributed by atoms with van der Waals surface area (Å²) in [6.07, 6.45) is 2.68. The molecule has 20 heavy (non-hydrogen) atoms. The van der Waals surface area contributed by atoms with Gasteiger partial charge in [0, 0.05) is 17.8 Å². The van der Waals surface area contributed by atoms with E-state index in [4.69, 9.17) is 15.7 Å². The van der Waals surface area contributed by atoms with E-state index >= 15 is 0 Å². The molecule has 0 spiro atoms. The van der Waals surface area contributed by atoms with E-state index in [1.165, 1.54) is 0 Å². The minimum atomic E-state index is -0.510. The van der Waals surface area contributed by atoms with E-state index in [9.17, 15) is 4.79 Å². The molecule has 0 heterocycles. The molecule has 2 rings (SSSR count). The van der Waals surface area contributed by atoms with Crippen molar-refractivity contribution < 1.29 is 9.53 Å². The summed E-state index contributed by atoms with van der Waals surface area (Å²) < 4.78 is 5.21. The van der Waals surface area contributed by atoms with Crippen molar-refractivity contribution in [1.29, 1.82) is 5.26 Å². The highest BCUT2D eigenvalue weighted by Gasteiger charge is 2.42. The SMILES string of the molecule is CC1(C(=O)Nc2cccc(OCC#N)c2)CCCC1N. The first-order valence-electron chi connectivity index (χ1n) is 6.73. The first-order chi connectivity index (χ1) is 9.56. The Balaban J connectivity index is 2.06. The monoisotopic (exact) mass is 273 g/mol. The molecule has 1 aromatic rings. The Bertz CT molecular complexity index is 538. The summed E-state index contributed by atoms with van der Waals surface area (Å²) in [5, 5.41) is 11.4. The second-order valence-corrected chi connectivity index (χ2v) is 5.34. The van der Waals surface area contributed by atoms with Crippen LogP contribution >= 0.6 is 0 Å². The van der Waals surface area contributed by atoms with Crippen molar-refractivity contribution in [3.05, 3.63) is 24.3 Å². The second-order valence-electron chi connectivity index (χ2n) is 5.34. The molecule has 0 aromatic heterocycles. The van der Waals surface area contributed by atoms with Crippen LogP contribution in [0.1, 0.15) is 26.2 Å². The van der Waals surface area contributed by atoms with Gasteiger partial charge in [-0.2, -0.15) is 5.26 Å². The quantitative estimate of drug-likeness (QED) is 0.878. The van der Waals surface area contributed by atoms with Gasteiger partial charge in [-0.1, -0.05) is 12.5 Å². The molecule has 5 nitrogen and oxygen atoms in total. The van der Waals surface area contributed by atoms with Gasteiger partial charge in [0.2, 0.25) is 5.91 Å². The minimum Gasteiger partial charge on any atom is -0.479 e. The molecule has 0 aliphatic heterocycles. The predicted octanol–water partition coefficient (Wildman–Crippen LogP) is 2.04. The van der Waals surface area contributed by atoms with Crippen LogP contribution in [-0.2, 0) is 4.79 Å². The van der Waals surface area contributed by atoms with Crippen molar-refractivity contribution in [3.8, 4) is 11.8 Å². The molecule has 2 atom stereocenters. The number of hydrogen-bond acceptors (Lipinski definition) is 4. The van der Waals surface area contributed by atoms with Crippen LogP contribution in [-0.4, -0.2) is 18.6 Å². The fraction of sp³-hybridized carbons (Fsp3) is 0.467. The number of nitrogens with one attached hydrogen (secondary N) is 1. The maximum atomic E-state index is 12.4. The molecule has 1 fully saturated rings. The van der Waals surface area contributed by atoms with Gasteiger partial charge in [0.15, 0.2) is 6.61 Å². The summed E-state index contributed by atoms with van der Waals surface area (Å²) in [4.78, 5) is 12.4. The first kappa shape index (κ1) is 14.4. The van der Waals surface area contributed by atoms with Crippen LogP contribution in [0.3, 0.4) is 0 Å². The van der Waals surface area contributed by atoms with E-state index in [0.717, 1.165) is 19.3 Å². The fourth-order valence-electron chi connectivity index (χ4n) is 2.53. The standard InChI is InChI=1S/C15H19N3O2/c1-15(7-3-6-13(15)17)14(19)18-11-4-2-5-12(10-11)20-9-8-16/h2,4-5,10,13H,3,6-7,9,17H2,1H3,(H,18,19). The van der Waals surface area contributed by atoms with Crippen molar-refractivity contribution in [2.45, 2.75) is 32.2 Å². The summed E-state index contributed by atoms with van der Waals surface area (Å²) in [5.74, 6) is 0.505. The number of carbonyl (C=O) groups is 1. The highest BCUT2D eigenvalue weighted by molar-refractivity contribution is 5.96. The molecule has 1 aliphatic rings. The van der Waals surface area contributed by atoms with E-state index < -0.39 is 5.41 Å². The highest BCUT2D eigenvalue weighted by atomic mass is 16.5. The van der Waals surface area contributed by atoms with Crippen LogP contribution in [0.25, 0.3) is 0 Å². The van der Waals surface area contributed by atoms with Gasteiger partial charge < -0.3 is 15.8 Å². The summed E-state index contributed by atoms with van der Waals surface area (Å²) in [6, 6.07) is 8.83. The number of ether oxygens (including phenoxy) is 1. The molecule has 1 saturated carbocycles. The van der Waals surface area contributed by atoms with Gasteiger partial charge in [0.05, 0.1) is 5.41 Å². The summed E-state index contributed by atoms with van der Waals surface area (Å²) >= 11 is 0. The molecule has 2 unspecified atom stereocenters. The number of amides is 1. The first-order valence-corrected chi connectivity index (χ1v) is 6.73. The van der Waals surface area contributed by atoms with Crippen LogP contribution in [0.4, 0.5) is 5.69 Å². The number of benzene rings is 1. The zero-order chi connectivity index (χ0) is 14.6. The van der Waals surface area contributed by atoms with Gasteiger partial charge in [-0.3, -0.25) is 4.79 Å². The topological polar surface area (TPSA) is 88.1 Å². The van der Waals surface area contributed by atoms with Gasteiger partial charge in [0.25, 0.3) is 0 Å². The zero-order valence-corrected chi connectivity index (χ0v) is 11.6. The molecule has 0 saturated heterocycles. The molecule has 1 aliphatic carbocycles. The van der Waals surface area contributed by atoms with Crippen LogP contribution in [0.2, 0.25) is 0 Å². The van der Waals surface area contributed by atoms with Gasteiger partial charge in [-0.25, -0.2) is 0 Å². The lowest BCUT2D eigenvalue weighted by Gasteiger charge is -2.27. The number of nitrogens with two attached hydrogens (primary N) is 1. The Morgan fingerprint density at radius 2 is 2.45 bits per heavy atom. The summed E-state index contributed by atoms with van der Waals surface area (Å²) in [6.45, 7) is 1.90. The van der Waals surface area contributed by atoms with Crippen molar-refractivity contribution in [2.24, 2.45) is 11.1 Å². The molecule has 1 amide bonds. The number of rotatable bonds is 4. The number of carbonyl (C=O) groups excluding carboxylic acids is 1. The number of nitriles is 1. The van der Waals surface area contributed by atoms with Crippen LogP contribution in [0.15, 0.2) is 24.3 Å². The zero-order valence-electron chi connectivity index (χ0n) is 11.6. The number of nitrogens with zero attached hydrogens (tertiary/aromatic N) is 1. The van der Waals surface area contributed by atoms with Gasteiger partial charge in [-0.15, -0.1) is 0 Å². The van der Waals surface area contributed by atoms with Gasteiger partial charge in [-0.05, 0) is 31.9 Å². The summed E-state index contributed by atoms with van der Waals surface area (Å²) in [7, 11) is 0. The summed E-state index contributed by atoms with van der Waals surface area (Å²) in [5.41, 5.74) is 6.19. The Kier molecular flexibility index (Phi) is 4.26. The predicted molar refractivity (Wildman–Crippen MR) is 76.1 cm³/mol. The largest absolute Gasteiger partial charge is 0.479 e. The molecule has 5 heteroatoms. The third-order valence-electron chi connectivity index (χ3n) is 3.94. The Morgan fingerprint density at radius 1 is 1.65 bits per heavy atom. The minimum absolute atomic E-state index is 0.0139. The number of hydrogen-bond donors (Lipinski definition) is 2. The third-order valence-corrected chi connectivity index (χ3v) is 3.94. The average Bonchev–Trinajstić information content (AvgIpc) is 2.78. The Labute approximate surface area is 118 Å². The lowest BCUT2D eigenvalue weighted by atomic mass is 9.84. The van der Waals surface area contributed by atoms with E-state index in [-0.39, 0.29) is 18.6 Å². The van der Waals surface area contributed by atoms with Crippen LogP contribution in [0.5, 0.6) is 5.75 Å². The van der Waals surface area contributed by atoms with E-state index in [0.29, 0.717) is 11.4 Å². The van der Waals surface area contributed by atoms with Crippen molar-refractivity contribution in [2.75, 3.05) is 11.9 Å². The molecular formula is C15H19N3O2. The Hall–Kier alpha value is -2.06. The molecule has 0 bridgehead atoms. The smallest absolute Gasteiger partial charge is 0.231 e. The molecule has 1 aromatic carbocycles. The van der Waals surface area contributed by atoms with Crippen molar-refractivity contribution in [3.63, 3.8) is 0 Å². The molecule has 106 valence electrons. The van der Waals surface area contributed by atoms with E-state index in [1.54, 1.807) is 24.3 Å². The van der Waals surface area contributed by atoms with Crippen LogP contribution in [0, 0.1) is 16.7 Å². The second kappa shape index (κ2) is 5.93.